The molecule has 9 nitrogen and oxygen atoms in total. The number of hydrogen-bond acceptors (Lipinski definition) is 8. The molecular weight excluding hydrogens is 544 g/mol. The van der Waals surface area contributed by atoms with E-state index in [9.17, 15) is 4.79 Å². The number of nitrogens with one attached hydrogen (secondary N) is 2. The summed E-state index contributed by atoms with van der Waals surface area (Å²) in [6, 6.07) is 16.9. The summed E-state index contributed by atoms with van der Waals surface area (Å²) in [6.45, 7) is 7.09. The summed E-state index contributed by atoms with van der Waals surface area (Å²) in [5.74, 6) is 0.257. The quantitative estimate of drug-likeness (QED) is 0.327. The van der Waals surface area contributed by atoms with Gasteiger partial charge in [0, 0.05) is 66.5 Å². The lowest BCUT2D eigenvalue weighted by molar-refractivity contribution is 0.102. The van der Waals surface area contributed by atoms with Gasteiger partial charge in [0.1, 0.15) is 5.69 Å². The lowest BCUT2D eigenvalue weighted by Crippen LogP contribution is -2.43. The molecule has 3 heterocycles. The van der Waals surface area contributed by atoms with Gasteiger partial charge in [0.25, 0.3) is 5.91 Å². The first-order chi connectivity index (χ1) is 18.4. The average Bonchev–Trinajstić information content (AvgIpc) is 2.93. The van der Waals surface area contributed by atoms with E-state index in [-0.39, 0.29) is 5.91 Å². The van der Waals surface area contributed by atoms with Crippen LogP contribution in [0.4, 0.5) is 17.3 Å². The predicted octanol–water partition coefficient (Wildman–Crippen LogP) is 4.75. The first-order valence-electron chi connectivity index (χ1n) is 12.4. The molecule has 2 N–H and O–H groups in total. The predicted molar refractivity (Wildman–Crippen MR) is 152 cm³/mol. The van der Waals surface area contributed by atoms with Crippen LogP contribution in [0, 0.1) is 6.92 Å². The highest BCUT2D eigenvalue weighted by Gasteiger charge is 2.16. The fourth-order valence-corrected chi connectivity index (χ4v) is 4.73. The van der Waals surface area contributed by atoms with Crippen LogP contribution in [0.3, 0.4) is 0 Å². The van der Waals surface area contributed by atoms with Gasteiger partial charge >= 0.3 is 0 Å². The maximum absolute atomic E-state index is 13.1. The van der Waals surface area contributed by atoms with Crippen molar-refractivity contribution < 1.29 is 4.79 Å². The van der Waals surface area contributed by atoms with Gasteiger partial charge in [-0.25, -0.2) is 9.97 Å². The van der Waals surface area contributed by atoms with E-state index in [2.05, 4.69) is 63.6 Å². The molecule has 38 heavy (non-hydrogen) atoms. The summed E-state index contributed by atoms with van der Waals surface area (Å²) in [4.78, 5) is 26.7. The number of anilines is 3. The van der Waals surface area contributed by atoms with Gasteiger partial charge in [-0.2, -0.15) is 5.10 Å². The van der Waals surface area contributed by atoms with E-state index < -0.39 is 0 Å². The van der Waals surface area contributed by atoms with Crippen molar-refractivity contribution in [3.8, 4) is 11.4 Å². The van der Waals surface area contributed by atoms with E-state index in [1.54, 1.807) is 18.5 Å². The molecule has 0 unspecified atom stereocenters. The maximum Gasteiger partial charge on any atom is 0.255 e. The molecule has 0 aliphatic carbocycles. The lowest BCUT2D eigenvalue weighted by Gasteiger charge is -2.32. The molecule has 0 radical (unpaired) electrons. The van der Waals surface area contributed by atoms with Crippen molar-refractivity contribution in [3.05, 3.63) is 88.2 Å². The number of piperazine rings is 1. The van der Waals surface area contributed by atoms with Crippen LogP contribution in [-0.2, 0) is 6.54 Å². The minimum Gasteiger partial charge on any atom is -0.324 e. The third-order valence-electron chi connectivity index (χ3n) is 6.54. The van der Waals surface area contributed by atoms with E-state index in [1.807, 2.05) is 55.5 Å². The molecule has 2 aromatic carbocycles. The van der Waals surface area contributed by atoms with Crippen LogP contribution in [0.5, 0.6) is 0 Å². The Kier molecular flexibility index (Phi) is 8.02. The zero-order valence-electron chi connectivity index (χ0n) is 21.4. The number of halogens is 1. The number of carbonyl (C=O) groups excluding carboxylic acids is 1. The second-order valence-electron chi connectivity index (χ2n) is 9.37. The molecule has 1 fully saturated rings. The topological polar surface area (TPSA) is 99.2 Å². The van der Waals surface area contributed by atoms with Crippen LogP contribution >= 0.6 is 15.9 Å². The zero-order valence-corrected chi connectivity index (χ0v) is 22.9. The standard InChI is InChI=1S/C28H29BrN8O/c1-19-5-8-22(17-26(19)34-28-30-11-9-24(33-28)25-4-3-10-31-35-25)32-27(38)20-6-7-21(23(29)16-20)18-37-14-12-36(2)13-15-37/h3-11,16-17H,12-15,18H2,1-2H3,(H,32,38)(H,30,33,34). The molecular formula is C28H29BrN8O. The Balaban J connectivity index is 1.26. The molecule has 4 aromatic rings. The lowest BCUT2D eigenvalue weighted by atomic mass is 10.1. The fourth-order valence-electron chi connectivity index (χ4n) is 4.22. The summed E-state index contributed by atoms with van der Waals surface area (Å²) < 4.78 is 0.940. The third kappa shape index (κ3) is 6.39. The molecule has 1 aliphatic heterocycles. The fraction of sp³-hybridized carbons (Fsp3) is 0.250. The molecule has 0 atom stereocenters. The smallest absolute Gasteiger partial charge is 0.255 e. The Hall–Kier alpha value is -3.73. The van der Waals surface area contributed by atoms with Crippen molar-refractivity contribution in [2.45, 2.75) is 13.5 Å². The van der Waals surface area contributed by atoms with Gasteiger partial charge in [0.2, 0.25) is 5.95 Å². The normalized spacial score (nSPS) is 14.3. The van der Waals surface area contributed by atoms with E-state index >= 15 is 0 Å². The van der Waals surface area contributed by atoms with Crippen LogP contribution in [-0.4, -0.2) is 69.1 Å². The summed E-state index contributed by atoms with van der Waals surface area (Å²) in [5.41, 5.74) is 5.56. The number of likely N-dealkylation sites (N-methyl/N-ethyl adjacent to an activating group) is 1. The monoisotopic (exact) mass is 572 g/mol. The zero-order chi connectivity index (χ0) is 26.5. The Morgan fingerprint density at radius 3 is 2.61 bits per heavy atom. The SMILES string of the molecule is Cc1ccc(NC(=O)c2ccc(CN3CCN(C)CC3)c(Br)c2)cc1Nc1nccc(-c2cccnn2)n1. The molecule has 0 spiro atoms. The molecule has 5 rings (SSSR count). The van der Waals surface area contributed by atoms with Gasteiger partial charge < -0.3 is 15.5 Å². The van der Waals surface area contributed by atoms with Crippen LogP contribution in [0.15, 0.2) is 71.5 Å². The Morgan fingerprint density at radius 1 is 1.00 bits per heavy atom. The van der Waals surface area contributed by atoms with Crippen molar-refractivity contribution in [1.29, 1.82) is 0 Å². The van der Waals surface area contributed by atoms with E-state index in [4.69, 9.17) is 0 Å². The van der Waals surface area contributed by atoms with Crippen molar-refractivity contribution in [2.75, 3.05) is 43.9 Å². The highest BCUT2D eigenvalue weighted by molar-refractivity contribution is 9.10. The van der Waals surface area contributed by atoms with Gasteiger partial charge in [-0.3, -0.25) is 9.69 Å². The number of rotatable bonds is 7. The average molecular weight is 573 g/mol. The maximum atomic E-state index is 13.1. The van der Waals surface area contributed by atoms with Crippen LogP contribution in [0.2, 0.25) is 0 Å². The van der Waals surface area contributed by atoms with E-state index in [0.29, 0.717) is 28.6 Å². The third-order valence-corrected chi connectivity index (χ3v) is 7.28. The van der Waals surface area contributed by atoms with E-state index in [0.717, 1.165) is 48.4 Å². The number of amides is 1. The first-order valence-corrected chi connectivity index (χ1v) is 13.2. The molecule has 194 valence electrons. The molecule has 1 saturated heterocycles. The first kappa shape index (κ1) is 25.9. The number of hydrogen-bond donors (Lipinski definition) is 2. The minimum absolute atomic E-state index is 0.174. The van der Waals surface area contributed by atoms with Crippen LogP contribution in [0.1, 0.15) is 21.5 Å². The Morgan fingerprint density at radius 2 is 1.84 bits per heavy atom. The number of carbonyl (C=O) groups is 1. The number of aryl methyl sites for hydroxylation is 1. The Labute approximate surface area is 230 Å². The molecule has 2 aromatic heterocycles. The molecule has 0 saturated carbocycles. The second-order valence-corrected chi connectivity index (χ2v) is 10.2. The largest absolute Gasteiger partial charge is 0.324 e. The summed E-state index contributed by atoms with van der Waals surface area (Å²) in [5, 5.41) is 14.3. The molecule has 0 bridgehead atoms. The minimum atomic E-state index is -0.174. The number of nitrogens with zero attached hydrogens (tertiary/aromatic N) is 6. The van der Waals surface area contributed by atoms with Crippen molar-refractivity contribution in [1.82, 2.24) is 30.0 Å². The van der Waals surface area contributed by atoms with E-state index in [1.165, 1.54) is 5.56 Å². The van der Waals surface area contributed by atoms with Gasteiger partial charge in [-0.1, -0.05) is 28.1 Å². The highest BCUT2D eigenvalue weighted by Crippen LogP contribution is 2.25. The van der Waals surface area contributed by atoms with Crippen LogP contribution in [0.25, 0.3) is 11.4 Å². The van der Waals surface area contributed by atoms with Gasteiger partial charge in [-0.05, 0) is 67.6 Å². The summed E-state index contributed by atoms with van der Waals surface area (Å²) in [6.07, 6.45) is 3.29. The summed E-state index contributed by atoms with van der Waals surface area (Å²) in [7, 11) is 2.15. The number of benzene rings is 2. The second kappa shape index (κ2) is 11.8. The molecule has 10 heteroatoms. The number of aromatic nitrogens is 4. The van der Waals surface area contributed by atoms with Gasteiger partial charge in [0.05, 0.1) is 5.69 Å². The van der Waals surface area contributed by atoms with Crippen LogP contribution < -0.4 is 10.6 Å². The van der Waals surface area contributed by atoms with Gasteiger partial charge in [-0.15, -0.1) is 5.10 Å². The van der Waals surface area contributed by atoms with Crippen molar-refractivity contribution in [3.63, 3.8) is 0 Å². The van der Waals surface area contributed by atoms with Crippen molar-refractivity contribution >= 4 is 39.2 Å². The van der Waals surface area contributed by atoms with Crippen molar-refractivity contribution in [2.24, 2.45) is 0 Å². The Bertz CT molecular complexity index is 1420. The highest BCUT2D eigenvalue weighted by atomic mass is 79.9. The molecule has 1 aliphatic rings. The summed E-state index contributed by atoms with van der Waals surface area (Å²) >= 11 is 3.67. The van der Waals surface area contributed by atoms with Gasteiger partial charge in [0.15, 0.2) is 0 Å². The molecule has 1 amide bonds.